The van der Waals surface area contributed by atoms with Gasteiger partial charge < -0.3 is 20.4 Å². The van der Waals surface area contributed by atoms with E-state index in [0.29, 0.717) is 11.3 Å². The highest BCUT2D eigenvalue weighted by atomic mass is 16.6. The molecule has 1 unspecified atom stereocenters. The number of non-ortho nitro benzene ring substituents is 1. The largest absolute Gasteiger partial charge is 0.445 e. The molecule has 0 spiro atoms. The summed E-state index contributed by atoms with van der Waals surface area (Å²) in [5, 5.41) is 21.8. The van der Waals surface area contributed by atoms with Crippen LogP contribution >= 0.6 is 0 Å². The van der Waals surface area contributed by atoms with Crippen molar-refractivity contribution >= 4 is 17.5 Å². The average Bonchev–Trinajstić information content (AvgIpc) is 3.06. The van der Waals surface area contributed by atoms with Gasteiger partial charge in [0.15, 0.2) is 0 Å². The van der Waals surface area contributed by atoms with Crippen LogP contribution in [0.4, 0.5) is 10.5 Å². The van der Waals surface area contributed by atoms with Crippen LogP contribution in [0, 0.1) is 21.4 Å². The zero-order valence-electron chi connectivity index (χ0n) is 13.8. The molecule has 2 atom stereocenters. The van der Waals surface area contributed by atoms with Crippen LogP contribution in [0.2, 0.25) is 0 Å². The Balaban J connectivity index is 1.94. The predicted molar refractivity (Wildman–Crippen MR) is 89.2 cm³/mol. The lowest BCUT2D eigenvalue weighted by molar-refractivity contribution is -0.384. The van der Waals surface area contributed by atoms with E-state index in [0.717, 1.165) is 19.5 Å². The number of hydrogen-bond acceptors (Lipinski definition) is 6. The average molecular weight is 334 g/mol. The van der Waals surface area contributed by atoms with Gasteiger partial charge in [-0.25, -0.2) is 4.79 Å². The highest BCUT2D eigenvalue weighted by Crippen LogP contribution is 2.20. The molecule has 1 amide bonds. The molecule has 2 N–H and O–H groups in total. The van der Waals surface area contributed by atoms with Crippen molar-refractivity contribution in [3.8, 4) is 0 Å². The SMILES string of the molecule is CC(=N)C([C@H]1CCNC1)N(C)C(=O)OCc1ccc([N+](=O)[O-])cc1. The summed E-state index contributed by atoms with van der Waals surface area (Å²) in [6.45, 7) is 3.40. The third kappa shape index (κ3) is 4.29. The molecule has 0 radical (unpaired) electrons. The van der Waals surface area contributed by atoms with Crippen LogP contribution < -0.4 is 5.32 Å². The number of carbonyl (C=O) groups is 1. The summed E-state index contributed by atoms with van der Waals surface area (Å²) in [7, 11) is 1.64. The zero-order chi connectivity index (χ0) is 17.7. The quantitative estimate of drug-likeness (QED) is 0.471. The Morgan fingerprint density at radius 3 is 2.67 bits per heavy atom. The van der Waals surface area contributed by atoms with Gasteiger partial charge in [-0.1, -0.05) is 0 Å². The van der Waals surface area contributed by atoms with Crippen LogP contribution in [0.1, 0.15) is 18.9 Å². The maximum absolute atomic E-state index is 12.3. The lowest BCUT2D eigenvalue weighted by Crippen LogP contribution is -2.46. The number of amides is 1. The summed E-state index contributed by atoms with van der Waals surface area (Å²) in [6.07, 6.45) is 0.415. The number of nitrogens with one attached hydrogen (secondary N) is 2. The minimum atomic E-state index is -0.503. The summed E-state index contributed by atoms with van der Waals surface area (Å²) >= 11 is 0. The van der Waals surface area contributed by atoms with Crippen molar-refractivity contribution in [2.24, 2.45) is 5.92 Å². The molecule has 24 heavy (non-hydrogen) atoms. The van der Waals surface area contributed by atoms with E-state index in [1.54, 1.807) is 26.1 Å². The van der Waals surface area contributed by atoms with Gasteiger partial charge in [0.1, 0.15) is 6.61 Å². The third-order valence-corrected chi connectivity index (χ3v) is 4.20. The molecule has 1 aromatic carbocycles. The van der Waals surface area contributed by atoms with E-state index in [2.05, 4.69) is 5.32 Å². The number of hydrogen-bond donors (Lipinski definition) is 2. The maximum atomic E-state index is 12.3. The molecule has 130 valence electrons. The number of rotatable bonds is 6. The van der Waals surface area contributed by atoms with Crippen molar-refractivity contribution in [3.63, 3.8) is 0 Å². The minimum absolute atomic E-state index is 0.00424. The van der Waals surface area contributed by atoms with Crippen LogP contribution in [0.3, 0.4) is 0 Å². The van der Waals surface area contributed by atoms with Crippen LogP contribution in [0.5, 0.6) is 0 Å². The van der Waals surface area contributed by atoms with Crippen molar-refractivity contribution in [3.05, 3.63) is 39.9 Å². The van der Waals surface area contributed by atoms with Gasteiger partial charge in [0.2, 0.25) is 0 Å². The minimum Gasteiger partial charge on any atom is -0.445 e. The molecular formula is C16H22N4O4. The number of nitro groups is 1. The second-order valence-corrected chi connectivity index (χ2v) is 5.97. The van der Waals surface area contributed by atoms with E-state index in [4.69, 9.17) is 10.1 Å². The van der Waals surface area contributed by atoms with Crippen molar-refractivity contribution in [2.75, 3.05) is 20.1 Å². The monoisotopic (exact) mass is 334 g/mol. The summed E-state index contributed by atoms with van der Waals surface area (Å²) in [4.78, 5) is 23.9. The van der Waals surface area contributed by atoms with Gasteiger partial charge in [0.05, 0.1) is 11.0 Å². The first-order valence-electron chi connectivity index (χ1n) is 7.79. The summed E-state index contributed by atoms with van der Waals surface area (Å²) < 4.78 is 5.28. The molecule has 0 aliphatic carbocycles. The third-order valence-electron chi connectivity index (χ3n) is 4.20. The second kappa shape index (κ2) is 7.87. The lowest BCUT2D eigenvalue weighted by atomic mass is 9.94. The van der Waals surface area contributed by atoms with Crippen LogP contribution in [-0.4, -0.2) is 47.8 Å². The first kappa shape index (κ1) is 17.9. The maximum Gasteiger partial charge on any atom is 0.410 e. The van der Waals surface area contributed by atoms with Crippen molar-refractivity contribution in [2.45, 2.75) is 26.0 Å². The lowest BCUT2D eigenvalue weighted by Gasteiger charge is -2.31. The number of ether oxygens (including phenoxy) is 1. The molecule has 8 nitrogen and oxygen atoms in total. The Kier molecular flexibility index (Phi) is 5.86. The molecule has 1 heterocycles. The van der Waals surface area contributed by atoms with E-state index < -0.39 is 11.0 Å². The summed E-state index contributed by atoms with van der Waals surface area (Å²) in [5.74, 6) is 0.208. The highest BCUT2D eigenvalue weighted by Gasteiger charge is 2.32. The predicted octanol–water partition coefficient (Wildman–Crippen LogP) is 2.18. The number of benzene rings is 1. The normalized spacial score (nSPS) is 18.0. The van der Waals surface area contributed by atoms with E-state index in [-0.39, 0.29) is 24.3 Å². The van der Waals surface area contributed by atoms with Gasteiger partial charge in [-0.3, -0.25) is 10.1 Å². The molecule has 1 aliphatic rings. The van der Waals surface area contributed by atoms with Crippen molar-refractivity contribution < 1.29 is 14.5 Å². The van der Waals surface area contributed by atoms with Crippen LogP contribution in [-0.2, 0) is 11.3 Å². The Morgan fingerprint density at radius 1 is 1.50 bits per heavy atom. The van der Waals surface area contributed by atoms with E-state index >= 15 is 0 Å². The van der Waals surface area contributed by atoms with Gasteiger partial charge >= 0.3 is 6.09 Å². The van der Waals surface area contributed by atoms with Gasteiger partial charge in [-0.15, -0.1) is 0 Å². The molecule has 0 aromatic heterocycles. The van der Waals surface area contributed by atoms with Gasteiger partial charge in [0, 0.05) is 31.4 Å². The van der Waals surface area contributed by atoms with Crippen molar-refractivity contribution in [1.29, 1.82) is 5.41 Å². The molecule has 1 aliphatic heterocycles. The summed E-state index contributed by atoms with van der Waals surface area (Å²) in [6, 6.07) is 5.59. The molecule has 1 aromatic rings. The first-order valence-corrected chi connectivity index (χ1v) is 7.79. The van der Waals surface area contributed by atoms with Crippen molar-refractivity contribution in [1.82, 2.24) is 10.2 Å². The topological polar surface area (TPSA) is 109 Å². The molecule has 2 rings (SSSR count). The molecule has 0 bridgehead atoms. The van der Waals surface area contributed by atoms with E-state index in [9.17, 15) is 14.9 Å². The molecule has 0 saturated carbocycles. The van der Waals surface area contributed by atoms with E-state index in [1.807, 2.05) is 0 Å². The van der Waals surface area contributed by atoms with Gasteiger partial charge in [-0.2, -0.15) is 0 Å². The number of nitro benzene ring substituents is 1. The first-order chi connectivity index (χ1) is 11.4. The second-order valence-electron chi connectivity index (χ2n) is 5.97. The standard InChI is InChI=1S/C16H22N4O4/c1-11(17)15(13-7-8-18-9-13)19(2)16(21)24-10-12-3-5-14(6-4-12)20(22)23/h3-6,13,15,17-18H,7-10H2,1-2H3/t13-,15?/m0/s1. The van der Waals surface area contributed by atoms with E-state index in [1.165, 1.54) is 17.0 Å². The molecular weight excluding hydrogens is 312 g/mol. The molecule has 8 heteroatoms. The summed E-state index contributed by atoms with van der Waals surface area (Å²) in [5.41, 5.74) is 1.10. The fourth-order valence-corrected chi connectivity index (χ4v) is 2.98. The van der Waals surface area contributed by atoms with Crippen LogP contribution in [0.15, 0.2) is 24.3 Å². The van der Waals surface area contributed by atoms with Gasteiger partial charge in [0.25, 0.3) is 5.69 Å². The highest BCUT2D eigenvalue weighted by molar-refractivity contribution is 5.88. The Bertz CT molecular complexity index is 611. The fourth-order valence-electron chi connectivity index (χ4n) is 2.98. The molecule has 1 fully saturated rings. The Labute approximate surface area is 140 Å². The number of nitrogens with zero attached hydrogens (tertiary/aromatic N) is 2. The Hall–Kier alpha value is -2.48. The zero-order valence-corrected chi connectivity index (χ0v) is 13.8. The van der Waals surface area contributed by atoms with Crippen LogP contribution in [0.25, 0.3) is 0 Å². The Morgan fingerprint density at radius 2 is 2.17 bits per heavy atom. The molecule has 1 saturated heterocycles. The fraction of sp³-hybridized carbons (Fsp3) is 0.500. The number of carbonyl (C=O) groups excluding carboxylic acids is 1. The smallest absolute Gasteiger partial charge is 0.410 e. The van der Waals surface area contributed by atoms with Gasteiger partial charge in [-0.05, 0) is 43.5 Å².